The van der Waals surface area contributed by atoms with E-state index in [9.17, 15) is 13.6 Å². The normalized spacial score (nSPS) is 15.4. The number of para-hydroxylation sites is 1. The second-order valence-corrected chi connectivity index (χ2v) is 7.98. The average molecular weight is 453 g/mol. The molecule has 172 valence electrons. The molecule has 0 spiro atoms. The second kappa shape index (κ2) is 10.4. The Morgan fingerprint density at radius 2 is 1.79 bits per heavy atom. The van der Waals surface area contributed by atoms with Gasteiger partial charge < -0.3 is 20.5 Å². The van der Waals surface area contributed by atoms with Crippen LogP contribution in [0.15, 0.2) is 66.7 Å². The van der Waals surface area contributed by atoms with Crippen LogP contribution >= 0.6 is 0 Å². The van der Waals surface area contributed by atoms with E-state index >= 15 is 0 Å². The van der Waals surface area contributed by atoms with Crippen molar-refractivity contribution < 1.29 is 23.0 Å². The van der Waals surface area contributed by atoms with E-state index in [2.05, 4.69) is 5.32 Å². The van der Waals surface area contributed by atoms with Crippen LogP contribution in [-0.4, -0.2) is 32.1 Å². The van der Waals surface area contributed by atoms with Gasteiger partial charge >= 0.3 is 0 Å². The summed E-state index contributed by atoms with van der Waals surface area (Å²) in [5.41, 5.74) is 9.00. The van der Waals surface area contributed by atoms with E-state index in [1.54, 1.807) is 0 Å². The largest absolute Gasteiger partial charge is 0.490 e. The number of hydrogen-bond acceptors (Lipinski definition) is 5. The van der Waals surface area contributed by atoms with Crippen molar-refractivity contribution in [2.24, 2.45) is 11.7 Å². The number of hydrogen-bond donors (Lipinski definition) is 2. The molecular weight excluding hydrogens is 426 g/mol. The Bertz CT molecular complexity index is 1100. The number of nitrogens with two attached hydrogens (primary N) is 1. The number of Topliss-reactive ketones (excluding diaryl/α,β-unsaturated/α-hetero) is 1. The maximum atomic E-state index is 13.6. The first-order valence-electron chi connectivity index (χ1n) is 10.9. The standard InChI is InChI=1S/C26H26F2N2O3/c27-19-7-10-25(23(28)14-19)33-12-11-32-20-8-5-17(6-9-20)13-18(15-29)26(31)22-16-30-24-4-2-1-3-21(22)24/h1-10,14,18,22,30H,11-13,15-16,29H2. The van der Waals surface area contributed by atoms with Crippen LogP contribution in [0.3, 0.4) is 0 Å². The molecule has 0 saturated carbocycles. The van der Waals surface area contributed by atoms with Gasteiger partial charge in [-0.15, -0.1) is 0 Å². The van der Waals surface area contributed by atoms with Gasteiger partial charge in [0.15, 0.2) is 11.6 Å². The van der Waals surface area contributed by atoms with Gasteiger partial charge in [0.05, 0.1) is 5.92 Å². The Morgan fingerprint density at radius 3 is 2.55 bits per heavy atom. The molecule has 0 amide bonds. The number of ether oxygens (including phenoxy) is 2. The molecule has 2 unspecified atom stereocenters. The van der Waals surface area contributed by atoms with E-state index in [-0.39, 0.29) is 43.1 Å². The Labute approximate surface area is 191 Å². The highest BCUT2D eigenvalue weighted by molar-refractivity contribution is 5.92. The van der Waals surface area contributed by atoms with Crippen molar-refractivity contribution in [3.05, 3.63) is 89.5 Å². The third-order valence-corrected chi connectivity index (χ3v) is 5.77. The van der Waals surface area contributed by atoms with Crippen molar-refractivity contribution in [2.45, 2.75) is 12.3 Å². The highest BCUT2D eigenvalue weighted by atomic mass is 19.1. The summed E-state index contributed by atoms with van der Waals surface area (Å²) in [6, 6.07) is 18.5. The van der Waals surface area contributed by atoms with Crippen LogP contribution in [0.5, 0.6) is 11.5 Å². The summed E-state index contributed by atoms with van der Waals surface area (Å²) in [5, 5.41) is 3.30. The SMILES string of the molecule is NCC(Cc1ccc(OCCOc2ccc(F)cc2F)cc1)C(=O)C1CNc2ccccc21. The summed E-state index contributed by atoms with van der Waals surface area (Å²) in [4.78, 5) is 13.1. The molecule has 0 aromatic heterocycles. The van der Waals surface area contributed by atoms with E-state index in [0.29, 0.717) is 18.7 Å². The predicted molar refractivity (Wildman–Crippen MR) is 123 cm³/mol. The molecule has 33 heavy (non-hydrogen) atoms. The summed E-state index contributed by atoms with van der Waals surface area (Å²) in [6.07, 6.45) is 0.557. The molecule has 5 nitrogen and oxygen atoms in total. The minimum Gasteiger partial charge on any atom is -0.490 e. The summed E-state index contributed by atoms with van der Waals surface area (Å²) < 4.78 is 37.4. The van der Waals surface area contributed by atoms with Crippen molar-refractivity contribution in [3.8, 4) is 11.5 Å². The van der Waals surface area contributed by atoms with Crippen LogP contribution in [0.2, 0.25) is 0 Å². The fraction of sp³-hybridized carbons (Fsp3) is 0.269. The molecule has 4 rings (SSSR count). The van der Waals surface area contributed by atoms with Crippen LogP contribution < -0.4 is 20.5 Å². The summed E-state index contributed by atoms with van der Waals surface area (Å²) in [5.74, 6) is -1.09. The zero-order chi connectivity index (χ0) is 23.2. The molecule has 1 aliphatic rings. The van der Waals surface area contributed by atoms with Crippen LogP contribution in [0, 0.1) is 17.6 Å². The molecule has 0 aliphatic carbocycles. The van der Waals surface area contributed by atoms with Gasteiger partial charge in [-0.3, -0.25) is 4.79 Å². The first-order valence-corrected chi connectivity index (χ1v) is 10.9. The zero-order valence-corrected chi connectivity index (χ0v) is 18.1. The monoisotopic (exact) mass is 452 g/mol. The predicted octanol–water partition coefficient (Wildman–Crippen LogP) is 4.32. The Morgan fingerprint density at radius 1 is 1.03 bits per heavy atom. The molecule has 0 bridgehead atoms. The van der Waals surface area contributed by atoms with Gasteiger partial charge in [0.1, 0.15) is 30.6 Å². The van der Waals surface area contributed by atoms with Gasteiger partial charge in [0.2, 0.25) is 0 Å². The topological polar surface area (TPSA) is 73.6 Å². The van der Waals surface area contributed by atoms with E-state index < -0.39 is 11.6 Å². The van der Waals surface area contributed by atoms with Gasteiger partial charge in [0.25, 0.3) is 0 Å². The number of anilines is 1. The zero-order valence-electron chi connectivity index (χ0n) is 18.1. The number of carbonyl (C=O) groups is 1. The number of halogens is 2. The minimum atomic E-state index is -0.750. The van der Waals surface area contributed by atoms with Crippen LogP contribution in [-0.2, 0) is 11.2 Å². The lowest BCUT2D eigenvalue weighted by Crippen LogP contribution is -2.31. The Kier molecular flexibility index (Phi) is 7.19. The molecule has 1 heterocycles. The number of nitrogens with one attached hydrogen (secondary N) is 1. The van der Waals surface area contributed by atoms with Crippen molar-refractivity contribution in [3.63, 3.8) is 0 Å². The van der Waals surface area contributed by atoms with Gasteiger partial charge in [-0.2, -0.15) is 0 Å². The average Bonchev–Trinajstić information content (AvgIpc) is 3.26. The number of benzene rings is 3. The minimum absolute atomic E-state index is 0.0204. The van der Waals surface area contributed by atoms with E-state index in [0.717, 1.165) is 28.9 Å². The van der Waals surface area contributed by atoms with Gasteiger partial charge in [-0.25, -0.2) is 8.78 Å². The van der Waals surface area contributed by atoms with Crippen LogP contribution in [0.4, 0.5) is 14.5 Å². The molecule has 3 N–H and O–H groups in total. The number of rotatable bonds is 10. The van der Waals surface area contributed by atoms with Crippen molar-refractivity contribution >= 4 is 11.5 Å². The molecular formula is C26H26F2N2O3. The highest BCUT2D eigenvalue weighted by Crippen LogP contribution is 2.33. The quantitative estimate of drug-likeness (QED) is 0.448. The number of ketones is 1. The smallest absolute Gasteiger partial charge is 0.167 e. The number of fused-ring (bicyclic) bond motifs is 1. The summed E-state index contributed by atoms with van der Waals surface area (Å²) >= 11 is 0. The Balaban J connectivity index is 1.28. The molecule has 0 fully saturated rings. The first-order chi connectivity index (χ1) is 16.0. The third-order valence-electron chi connectivity index (χ3n) is 5.77. The fourth-order valence-corrected chi connectivity index (χ4v) is 4.03. The maximum Gasteiger partial charge on any atom is 0.167 e. The van der Waals surface area contributed by atoms with E-state index in [1.807, 2.05) is 48.5 Å². The lowest BCUT2D eigenvalue weighted by atomic mass is 9.85. The maximum absolute atomic E-state index is 13.6. The molecule has 3 aromatic rings. The molecule has 7 heteroatoms. The Hall–Kier alpha value is -3.45. The lowest BCUT2D eigenvalue weighted by molar-refractivity contribution is -0.123. The van der Waals surface area contributed by atoms with Crippen molar-refractivity contribution in [2.75, 3.05) is 31.6 Å². The molecule has 1 aliphatic heterocycles. The van der Waals surface area contributed by atoms with Crippen molar-refractivity contribution in [1.82, 2.24) is 0 Å². The van der Waals surface area contributed by atoms with Gasteiger partial charge in [0, 0.05) is 30.8 Å². The van der Waals surface area contributed by atoms with E-state index in [4.69, 9.17) is 15.2 Å². The summed E-state index contributed by atoms with van der Waals surface area (Å²) in [6.45, 7) is 1.21. The second-order valence-electron chi connectivity index (χ2n) is 7.98. The molecule has 3 aromatic carbocycles. The van der Waals surface area contributed by atoms with Crippen LogP contribution in [0.1, 0.15) is 17.0 Å². The number of carbonyl (C=O) groups excluding carboxylic acids is 1. The third kappa shape index (κ3) is 5.49. The van der Waals surface area contributed by atoms with Crippen molar-refractivity contribution in [1.29, 1.82) is 0 Å². The molecule has 0 radical (unpaired) electrons. The van der Waals surface area contributed by atoms with E-state index in [1.165, 1.54) is 6.07 Å². The molecule has 0 saturated heterocycles. The van der Waals surface area contributed by atoms with Crippen LogP contribution in [0.25, 0.3) is 0 Å². The fourth-order valence-electron chi connectivity index (χ4n) is 4.03. The first kappa shape index (κ1) is 22.7. The molecule has 2 atom stereocenters. The highest BCUT2D eigenvalue weighted by Gasteiger charge is 2.32. The van der Waals surface area contributed by atoms with Gasteiger partial charge in [-0.1, -0.05) is 30.3 Å². The summed E-state index contributed by atoms with van der Waals surface area (Å²) in [7, 11) is 0. The van der Waals surface area contributed by atoms with Gasteiger partial charge in [-0.05, 0) is 47.9 Å². The lowest BCUT2D eigenvalue weighted by Gasteiger charge is -2.18.